The summed E-state index contributed by atoms with van der Waals surface area (Å²) < 4.78 is 7.57. The monoisotopic (exact) mass is 460 g/mol. The van der Waals surface area contributed by atoms with Gasteiger partial charge in [-0.3, -0.25) is 9.36 Å². The number of nitrogens with zero attached hydrogens (tertiary/aromatic N) is 3. The van der Waals surface area contributed by atoms with E-state index in [-0.39, 0.29) is 17.1 Å². The number of hydrogen-bond donors (Lipinski definition) is 1. The van der Waals surface area contributed by atoms with Gasteiger partial charge in [-0.2, -0.15) is 0 Å². The molecule has 0 aliphatic carbocycles. The first-order valence-corrected chi connectivity index (χ1v) is 11.8. The molecule has 4 rings (SSSR count). The summed E-state index contributed by atoms with van der Waals surface area (Å²) in [5.74, 6) is 1.69. The molecular weight excluding hydrogens is 432 g/mol. The van der Waals surface area contributed by atoms with Gasteiger partial charge in [-0.1, -0.05) is 75.0 Å². The van der Waals surface area contributed by atoms with Crippen molar-refractivity contribution in [1.82, 2.24) is 14.8 Å². The highest BCUT2D eigenvalue weighted by Crippen LogP contribution is 2.28. The summed E-state index contributed by atoms with van der Waals surface area (Å²) in [5, 5.41) is 12.5. The number of aryl methyl sites for hydroxylation is 1. The Hall–Kier alpha value is -3.32. The zero-order valence-corrected chi connectivity index (χ0v) is 20.1. The Balaban J connectivity index is 1.56. The summed E-state index contributed by atoms with van der Waals surface area (Å²) in [6.45, 7) is 9.03. The van der Waals surface area contributed by atoms with Crippen LogP contribution in [0.5, 0.6) is 0 Å². The smallest absolute Gasteiger partial charge is 0.234 e. The third kappa shape index (κ3) is 5.54. The van der Waals surface area contributed by atoms with Gasteiger partial charge in [0.25, 0.3) is 0 Å². The van der Waals surface area contributed by atoms with Gasteiger partial charge in [-0.15, -0.1) is 10.2 Å². The molecule has 1 amide bonds. The third-order valence-corrected chi connectivity index (χ3v) is 6.34. The van der Waals surface area contributed by atoms with Crippen LogP contribution in [-0.4, -0.2) is 26.4 Å². The Bertz CT molecular complexity index is 1220. The molecule has 0 atom stereocenters. The molecule has 0 fully saturated rings. The quantitative estimate of drug-likeness (QED) is 0.346. The van der Waals surface area contributed by atoms with E-state index in [4.69, 9.17) is 4.42 Å². The van der Waals surface area contributed by atoms with Crippen LogP contribution in [0.3, 0.4) is 0 Å². The number of anilines is 1. The second kappa shape index (κ2) is 9.67. The van der Waals surface area contributed by atoms with Gasteiger partial charge < -0.3 is 9.73 Å². The molecule has 7 heteroatoms. The highest BCUT2D eigenvalue weighted by atomic mass is 32.2. The average molecular weight is 461 g/mol. The predicted octanol–water partition coefficient (Wildman–Crippen LogP) is 5.92. The van der Waals surface area contributed by atoms with E-state index in [1.807, 2.05) is 47.9 Å². The minimum Gasteiger partial charge on any atom is -0.467 e. The first-order chi connectivity index (χ1) is 15.8. The summed E-state index contributed by atoms with van der Waals surface area (Å²) in [6, 6.07) is 19.9. The fourth-order valence-corrected chi connectivity index (χ4v) is 4.20. The molecule has 0 radical (unpaired) electrons. The molecule has 0 aliphatic rings. The second-order valence-electron chi connectivity index (χ2n) is 8.95. The number of para-hydroxylation sites is 1. The number of rotatable bonds is 7. The summed E-state index contributed by atoms with van der Waals surface area (Å²) in [4.78, 5) is 12.6. The van der Waals surface area contributed by atoms with Crippen LogP contribution in [0.25, 0.3) is 11.4 Å². The Morgan fingerprint density at radius 2 is 1.79 bits per heavy atom. The molecule has 0 bridgehead atoms. The maximum atomic E-state index is 12.6. The molecule has 6 nitrogen and oxygen atoms in total. The maximum Gasteiger partial charge on any atom is 0.234 e. The standard InChI is InChI=1S/C26H28N4O2S/c1-18-8-5-6-10-22(18)27-23(31)17-33-25-29-28-24(30(25)16-21-9-7-15-32-21)19-11-13-20(14-12-19)26(2,3)4/h5-15H,16-17H2,1-4H3,(H,27,31). The summed E-state index contributed by atoms with van der Waals surface area (Å²) in [7, 11) is 0. The van der Waals surface area contributed by atoms with Crippen LogP contribution in [0.2, 0.25) is 0 Å². The molecule has 0 spiro atoms. The third-order valence-electron chi connectivity index (χ3n) is 5.37. The predicted molar refractivity (Wildman–Crippen MR) is 133 cm³/mol. The van der Waals surface area contributed by atoms with Crippen molar-refractivity contribution < 1.29 is 9.21 Å². The van der Waals surface area contributed by atoms with Gasteiger partial charge in [0.2, 0.25) is 5.91 Å². The molecule has 170 valence electrons. The maximum absolute atomic E-state index is 12.6. The Morgan fingerprint density at radius 3 is 2.45 bits per heavy atom. The van der Waals surface area contributed by atoms with Gasteiger partial charge in [0.1, 0.15) is 5.76 Å². The van der Waals surface area contributed by atoms with Crippen molar-refractivity contribution in [3.05, 3.63) is 83.8 Å². The van der Waals surface area contributed by atoms with Crippen molar-refractivity contribution in [3.8, 4) is 11.4 Å². The van der Waals surface area contributed by atoms with Crippen LogP contribution in [0.4, 0.5) is 5.69 Å². The van der Waals surface area contributed by atoms with Gasteiger partial charge >= 0.3 is 0 Å². The number of furan rings is 1. The molecule has 2 heterocycles. The van der Waals surface area contributed by atoms with Crippen molar-refractivity contribution in [1.29, 1.82) is 0 Å². The summed E-state index contributed by atoms with van der Waals surface area (Å²) >= 11 is 1.36. The van der Waals surface area contributed by atoms with Gasteiger partial charge in [-0.05, 0) is 41.7 Å². The van der Waals surface area contributed by atoms with E-state index < -0.39 is 0 Å². The molecule has 2 aromatic carbocycles. The molecule has 2 aromatic heterocycles. The van der Waals surface area contributed by atoms with Gasteiger partial charge in [0.15, 0.2) is 11.0 Å². The number of carbonyl (C=O) groups is 1. The van der Waals surface area contributed by atoms with Crippen LogP contribution in [0.15, 0.2) is 76.5 Å². The molecule has 0 unspecified atom stereocenters. The molecule has 0 saturated carbocycles. The summed E-state index contributed by atoms with van der Waals surface area (Å²) in [6.07, 6.45) is 1.65. The largest absolute Gasteiger partial charge is 0.467 e. The van der Waals surface area contributed by atoms with Crippen molar-refractivity contribution >= 4 is 23.4 Å². The summed E-state index contributed by atoms with van der Waals surface area (Å²) in [5.41, 5.74) is 4.15. The SMILES string of the molecule is Cc1ccccc1NC(=O)CSc1nnc(-c2ccc(C(C)(C)C)cc2)n1Cc1ccco1. The number of nitrogens with one attached hydrogen (secondary N) is 1. The lowest BCUT2D eigenvalue weighted by Crippen LogP contribution is -2.15. The second-order valence-corrected chi connectivity index (χ2v) is 9.89. The Morgan fingerprint density at radius 1 is 1.03 bits per heavy atom. The number of thioether (sulfide) groups is 1. The van der Waals surface area contributed by atoms with Gasteiger partial charge in [0.05, 0.1) is 18.6 Å². The average Bonchev–Trinajstić information content (AvgIpc) is 3.44. The molecule has 1 N–H and O–H groups in total. The first kappa shape index (κ1) is 22.9. The van der Waals surface area contributed by atoms with Crippen LogP contribution < -0.4 is 5.32 Å². The van der Waals surface area contributed by atoms with Crippen LogP contribution in [0, 0.1) is 6.92 Å². The van der Waals surface area contributed by atoms with Crippen molar-refractivity contribution in [3.63, 3.8) is 0 Å². The van der Waals surface area contributed by atoms with E-state index in [0.29, 0.717) is 11.7 Å². The molecule has 4 aromatic rings. The van der Waals surface area contributed by atoms with Crippen molar-refractivity contribution in [2.75, 3.05) is 11.1 Å². The number of amides is 1. The van der Waals surface area contributed by atoms with Crippen LogP contribution in [0.1, 0.15) is 37.7 Å². The van der Waals surface area contributed by atoms with Crippen LogP contribution in [-0.2, 0) is 16.8 Å². The molecule has 0 saturated heterocycles. The number of benzene rings is 2. The van der Waals surface area contributed by atoms with E-state index in [1.54, 1.807) is 6.26 Å². The van der Waals surface area contributed by atoms with Crippen LogP contribution >= 0.6 is 11.8 Å². The minimum atomic E-state index is -0.0853. The van der Waals surface area contributed by atoms with Gasteiger partial charge in [-0.25, -0.2) is 0 Å². The topological polar surface area (TPSA) is 73.0 Å². The number of carbonyl (C=O) groups excluding carboxylic acids is 1. The zero-order valence-electron chi connectivity index (χ0n) is 19.3. The van der Waals surface area contributed by atoms with Gasteiger partial charge in [0, 0.05) is 11.3 Å². The number of hydrogen-bond acceptors (Lipinski definition) is 5. The normalized spacial score (nSPS) is 11.5. The van der Waals surface area contributed by atoms with E-state index in [9.17, 15) is 4.79 Å². The van der Waals surface area contributed by atoms with E-state index in [2.05, 4.69) is 60.6 Å². The Labute approximate surface area is 198 Å². The van der Waals surface area contributed by atoms with Crippen molar-refractivity contribution in [2.45, 2.75) is 44.8 Å². The fraction of sp³-hybridized carbons (Fsp3) is 0.269. The van der Waals surface area contributed by atoms with Crippen molar-refractivity contribution in [2.24, 2.45) is 0 Å². The lowest BCUT2D eigenvalue weighted by Gasteiger charge is -2.19. The van der Waals surface area contributed by atoms with E-state index in [0.717, 1.165) is 28.4 Å². The lowest BCUT2D eigenvalue weighted by atomic mass is 9.87. The minimum absolute atomic E-state index is 0.0753. The first-order valence-electron chi connectivity index (χ1n) is 10.9. The van der Waals surface area contributed by atoms with E-state index >= 15 is 0 Å². The lowest BCUT2D eigenvalue weighted by molar-refractivity contribution is -0.113. The zero-order chi connectivity index (χ0) is 23.4. The Kier molecular flexibility index (Phi) is 6.70. The molecular formula is C26H28N4O2S. The fourth-order valence-electron chi connectivity index (χ4n) is 3.46. The number of aromatic nitrogens is 3. The highest BCUT2D eigenvalue weighted by Gasteiger charge is 2.19. The highest BCUT2D eigenvalue weighted by molar-refractivity contribution is 7.99. The van der Waals surface area contributed by atoms with E-state index in [1.165, 1.54) is 17.3 Å². The molecule has 33 heavy (non-hydrogen) atoms. The molecule has 0 aliphatic heterocycles.